The van der Waals surface area contributed by atoms with E-state index in [9.17, 15) is 14.7 Å². The van der Waals surface area contributed by atoms with Gasteiger partial charge < -0.3 is 24.4 Å². The van der Waals surface area contributed by atoms with Gasteiger partial charge in [0.2, 0.25) is 0 Å². The molecule has 0 bridgehead atoms. The van der Waals surface area contributed by atoms with E-state index in [2.05, 4.69) is 6.58 Å². The van der Waals surface area contributed by atoms with Crippen LogP contribution in [-0.2, 0) is 16.0 Å². The van der Waals surface area contributed by atoms with Crippen molar-refractivity contribution in [2.75, 3.05) is 33.8 Å². The monoisotopic (exact) mass is 476 g/mol. The summed E-state index contributed by atoms with van der Waals surface area (Å²) in [6.07, 6.45) is 3.12. The lowest BCUT2D eigenvalue weighted by atomic mass is 9.94. The molecule has 35 heavy (non-hydrogen) atoms. The molecule has 0 unspecified atom stereocenters. The molecule has 1 amide bonds. The quantitative estimate of drug-likeness (QED) is 0.256. The molecule has 2 aromatic rings. The molecule has 2 aromatic carbocycles. The lowest BCUT2D eigenvalue weighted by molar-refractivity contribution is -0.139. The Kier molecular flexibility index (Phi) is 7.26. The molecular formula is C28H32N2O5. The number of aliphatic hydroxyl groups is 1. The standard InChI is InChI=1S/C28H32N2O5/c1-5-14-34-22-9-6-8-19(17-22)25-24(27(32)28(33)30(25)13-7-12-29(3)4)26(31)20-10-11-23-21(16-20)15-18(2)35-23/h5-6,8-11,16-18,25,31H,1,7,12-15H2,2-4H3/t18-,25-/m1/s1. The van der Waals surface area contributed by atoms with Gasteiger partial charge in [-0.1, -0.05) is 24.8 Å². The molecule has 0 aliphatic carbocycles. The van der Waals surface area contributed by atoms with E-state index in [0.717, 1.165) is 24.3 Å². The van der Waals surface area contributed by atoms with Crippen molar-refractivity contribution in [1.29, 1.82) is 0 Å². The van der Waals surface area contributed by atoms with Crippen LogP contribution in [0.4, 0.5) is 0 Å². The number of fused-ring (bicyclic) bond motifs is 1. The van der Waals surface area contributed by atoms with Gasteiger partial charge in [0.1, 0.15) is 30.0 Å². The van der Waals surface area contributed by atoms with Gasteiger partial charge in [0, 0.05) is 18.5 Å². The highest BCUT2D eigenvalue weighted by Gasteiger charge is 2.46. The third-order valence-electron chi connectivity index (χ3n) is 6.26. The van der Waals surface area contributed by atoms with Crippen molar-refractivity contribution < 1.29 is 24.2 Å². The molecule has 0 spiro atoms. The molecule has 1 fully saturated rings. The van der Waals surface area contributed by atoms with E-state index in [4.69, 9.17) is 9.47 Å². The highest BCUT2D eigenvalue weighted by Crippen LogP contribution is 2.41. The van der Waals surface area contributed by atoms with Crippen molar-refractivity contribution in [3.05, 3.63) is 77.4 Å². The largest absolute Gasteiger partial charge is 0.507 e. The number of hydrogen-bond acceptors (Lipinski definition) is 6. The van der Waals surface area contributed by atoms with E-state index < -0.39 is 17.7 Å². The molecule has 2 aliphatic rings. The second kappa shape index (κ2) is 10.4. The highest BCUT2D eigenvalue weighted by molar-refractivity contribution is 6.46. The van der Waals surface area contributed by atoms with Gasteiger partial charge in [-0.3, -0.25) is 9.59 Å². The average molecular weight is 477 g/mol. The second-order valence-electron chi connectivity index (χ2n) is 9.28. The number of amides is 1. The molecule has 0 saturated carbocycles. The first-order valence-corrected chi connectivity index (χ1v) is 11.9. The Hall–Kier alpha value is -3.58. The normalized spacial score (nSPS) is 20.7. The second-order valence-corrected chi connectivity index (χ2v) is 9.28. The molecule has 0 aromatic heterocycles. The molecule has 1 saturated heterocycles. The zero-order valence-corrected chi connectivity index (χ0v) is 20.5. The minimum atomic E-state index is -0.715. The Labute approximate surface area is 206 Å². The van der Waals surface area contributed by atoms with Crippen LogP contribution in [0.15, 0.2) is 60.7 Å². The fraction of sp³-hybridized carbons (Fsp3) is 0.357. The first kappa shape index (κ1) is 24.5. The minimum absolute atomic E-state index is 0.0583. The number of hydrogen-bond donors (Lipinski definition) is 1. The number of Topliss-reactive ketones (excluding diaryl/α,β-unsaturated/α-hetero) is 1. The predicted molar refractivity (Wildman–Crippen MR) is 135 cm³/mol. The molecule has 7 nitrogen and oxygen atoms in total. The van der Waals surface area contributed by atoms with Crippen LogP contribution >= 0.6 is 0 Å². The maximum absolute atomic E-state index is 13.3. The van der Waals surface area contributed by atoms with Gasteiger partial charge in [-0.2, -0.15) is 0 Å². The molecule has 0 radical (unpaired) electrons. The summed E-state index contributed by atoms with van der Waals surface area (Å²) in [4.78, 5) is 30.0. The number of likely N-dealkylation sites (tertiary alicyclic amines) is 1. The summed E-state index contributed by atoms with van der Waals surface area (Å²) >= 11 is 0. The smallest absolute Gasteiger partial charge is 0.295 e. The maximum atomic E-state index is 13.3. The fourth-order valence-electron chi connectivity index (χ4n) is 4.67. The van der Waals surface area contributed by atoms with Crippen LogP contribution in [-0.4, -0.2) is 66.5 Å². The van der Waals surface area contributed by atoms with Crippen molar-refractivity contribution in [2.45, 2.75) is 31.9 Å². The van der Waals surface area contributed by atoms with Crippen molar-refractivity contribution >= 4 is 17.4 Å². The van der Waals surface area contributed by atoms with Gasteiger partial charge in [0.05, 0.1) is 11.6 Å². The van der Waals surface area contributed by atoms with E-state index in [1.54, 1.807) is 23.1 Å². The average Bonchev–Trinajstić information content (AvgIpc) is 3.33. The number of nitrogens with zero attached hydrogens (tertiary/aromatic N) is 2. The summed E-state index contributed by atoms with van der Waals surface area (Å²) in [5.41, 5.74) is 2.26. The topological polar surface area (TPSA) is 79.3 Å². The number of carbonyl (C=O) groups excluding carboxylic acids is 2. The predicted octanol–water partition coefficient (Wildman–Crippen LogP) is 3.95. The van der Waals surface area contributed by atoms with Crippen LogP contribution in [0.2, 0.25) is 0 Å². The van der Waals surface area contributed by atoms with Crippen molar-refractivity contribution in [1.82, 2.24) is 9.80 Å². The van der Waals surface area contributed by atoms with Crippen LogP contribution < -0.4 is 9.47 Å². The summed E-state index contributed by atoms with van der Waals surface area (Å²) < 4.78 is 11.5. The summed E-state index contributed by atoms with van der Waals surface area (Å²) in [6.45, 7) is 7.15. The van der Waals surface area contributed by atoms with Gasteiger partial charge in [-0.15, -0.1) is 0 Å². The van der Waals surface area contributed by atoms with Crippen molar-refractivity contribution in [3.8, 4) is 11.5 Å². The third-order valence-corrected chi connectivity index (χ3v) is 6.26. The zero-order chi connectivity index (χ0) is 25.1. The van der Waals surface area contributed by atoms with Crippen LogP contribution in [0, 0.1) is 0 Å². The number of ketones is 1. The third kappa shape index (κ3) is 5.10. The van der Waals surface area contributed by atoms with Gasteiger partial charge in [-0.25, -0.2) is 0 Å². The molecule has 184 valence electrons. The van der Waals surface area contributed by atoms with Gasteiger partial charge in [0.25, 0.3) is 11.7 Å². The molecular weight excluding hydrogens is 444 g/mol. The van der Waals surface area contributed by atoms with Gasteiger partial charge in [-0.05, 0) is 75.4 Å². The maximum Gasteiger partial charge on any atom is 0.295 e. The Morgan fingerprint density at radius 3 is 2.80 bits per heavy atom. The number of aliphatic hydroxyl groups excluding tert-OH is 1. The highest BCUT2D eigenvalue weighted by atomic mass is 16.5. The number of benzene rings is 2. The van der Waals surface area contributed by atoms with E-state index in [0.29, 0.717) is 36.4 Å². The Morgan fingerprint density at radius 2 is 2.06 bits per heavy atom. The fourth-order valence-corrected chi connectivity index (χ4v) is 4.67. The van der Waals surface area contributed by atoms with Crippen molar-refractivity contribution in [2.24, 2.45) is 0 Å². The zero-order valence-electron chi connectivity index (χ0n) is 20.5. The Morgan fingerprint density at radius 1 is 1.26 bits per heavy atom. The Balaban J connectivity index is 1.78. The molecule has 2 atom stereocenters. The van der Waals surface area contributed by atoms with E-state index in [-0.39, 0.29) is 17.4 Å². The van der Waals surface area contributed by atoms with Crippen molar-refractivity contribution in [3.63, 3.8) is 0 Å². The lowest BCUT2D eigenvalue weighted by Gasteiger charge is -2.26. The molecule has 4 rings (SSSR count). The SMILES string of the molecule is C=CCOc1cccc([C@@H]2C(=C(O)c3ccc4c(c3)C[C@@H](C)O4)C(=O)C(=O)N2CCCN(C)C)c1. The van der Waals surface area contributed by atoms with Crippen LogP contribution in [0.1, 0.15) is 36.1 Å². The lowest BCUT2D eigenvalue weighted by Crippen LogP contribution is -2.32. The molecule has 1 N–H and O–H groups in total. The summed E-state index contributed by atoms with van der Waals surface area (Å²) in [5, 5.41) is 11.4. The first-order valence-electron chi connectivity index (χ1n) is 11.9. The van der Waals surface area contributed by atoms with E-state index >= 15 is 0 Å². The number of rotatable bonds is 9. The first-order chi connectivity index (χ1) is 16.8. The van der Waals surface area contributed by atoms with Crippen LogP contribution in [0.3, 0.4) is 0 Å². The van der Waals surface area contributed by atoms with E-state index in [1.165, 1.54) is 0 Å². The van der Waals surface area contributed by atoms with E-state index in [1.807, 2.05) is 56.3 Å². The van der Waals surface area contributed by atoms with Crippen LogP contribution in [0.25, 0.3) is 5.76 Å². The number of ether oxygens (including phenoxy) is 2. The minimum Gasteiger partial charge on any atom is -0.507 e. The van der Waals surface area contributed by atoms with Crippen LogP contribution in [0.5, 0.6) is 11.5 Å². The molecule has 2 aliphatic heterocycles. The summed E-state index contributed by atoms with van der Waals surface area (Å²) in [5.74, 6) is -0.0827. The Bertz CT molecular complexity index is 1170. The van der Waals surface area contributed by atoms with Gasteiger partial charge in [0.15, 0.2) is 0 Å². The summed E-state index contributed by atoms with van der Waals surface area (Å²) in [7, 11) is 3.93. The summed E-state index contributed by atoms with van der Waals surface area (Å²) in [6, 6.07) is 12.0. The molecule has 2 heterocycles. The van der Waals surface area contributed by atoms with Gasteiger partial charge >= 0.3 is 0 Å². The number of carbonyl (C=O) groups is 2. The molecule has 7 heteroatoms.